The quantitative estimate of drug-likeness (QED) is 0.541. The summed E-state index contributed by atoms with van der Waals surface area (Å²) in [5.41, 5.74) is 6.10. The smallest absolute Gasteiger partial charge is 0.00415 e. The topological polar surface area (TPSA) is 26.0 Å². The van der Waals surface area contributed by atoms with Crippen molar-refractivity contribution in [2.24, 2.45) is 11.7 Å². The summed E-state index contributed by atoms with van der Waals surface area (Å²) in [7, 11) is 0. The zero-order valence-electron chi connectivity index (χ0n) is 9.08. The molecule has 0 bridgehead atoms. The lowest BCUT2D eigenvalue weighted by atomic mass is 9.92. The Kier molecular flexibility index (Phi) is 6.37. The Labute approximate surface area is 92.5 Å². The molecule has 1 heterocycles. The van der Waals surface area contributed by atoms with E-state index >= 15 is 0 Å². The fourth-order valence-electron chi connectivity index (χ4n) is 2.05. The highest BCUT2D eigenvalue weighted by molar-refractivity contribution is 7.99. The number of nitrogens with two attached hydrogens (primary N) is 1. The van der Waals surface area contributed by atoms with E-state index in [1.807, 2.05) is 6.08 Å². The number of rotatable bonds is 6. The lowest BCUT2D eigenvalue weighted by Crippen LogP contribution is -2.25. The molecule has 82 valence electrons. The highest BCUT2D eigenvalue weighted by atomic mass is 32.2. The third kappa shape index (κ3) is 5.06. The van der Waals surface area contributed by atoms with Gasteiger partial charge in [-0.1, -0.05) is 6.08 Å². The van der Waals surface area contributed by atoms with E-state index in [1.165, 1.54) is 43.6 Å². The highest BCUT2D eigenvalue weighted by Crippen LogP contribution is 2.26. The van der Waals surface area contributed by atoms with Gasteiger partial charge in [-0.15, -0.1) is 6.58 Å². The molecule has 0 radical (unpaired) electrons. The molecule has 1 aliphatic rings. The van der Waals surface area contributed by atoms with Crippen molar-refractivity contribution in [1.82, 2.24) is 0 Å². The van der Waals surface area contributed by atoms with Gasteiger partial charge in [0, 0.05) is 6.04 Å². The lowest BCUT2D eigenvalue weighted by Gasteiger charge is -2.24. The molecule has 1 rings (SSSR count). The van der Waals surface area contributed by atoms with E-state index in [4.69, 9.17) is 5.73 Å². The summed E-state index contributed by atoms with van der Waals surface area (Å²) in [6.07, 6.45) is 9.53. The van der Waals surface area contributed by atoms with E-state index in [1.54, 1.807) is 0 Å². The van der Waals surface area contributed by atoms with Crippen molar-refractivity contribution in [2.75, 3.05) is 11.5 Å². The van der Waals surface area contributed by atoms with E-state index in [9.17, 15) is 0 Å². The zero-order chi connectivity index (χ0) is 10.2. The van der Waals surface area contributed by atoms with Crippen LogP contribution in [0.25, 0.3) is 0 Å². The van der Waals surface area contributed by atoms with E-state index in [0.29, 0.717) is 6.04 Å². The van der Waals surface area contributed by atoms with Gasteiger partial charge >= 0.3 is 0 Å². The molecule has 0 spiro atoms. The van der Waals surface area contributed by atoms with Crippen LogP contribution in [0.1, 0.15) is 38.5 Å². The fraction of sp³-hybridized carbons (Fsp3) is 0.833. The minimum atomic E-state index is 0.433. The number of thioether (sulfide) groups is 1. The Balaban J connectivity index is 2.05. The average Bonchev–Trinajstić information content (AvgIpc) is 2.20. The van der Waals surface area contributed by atoms with Crippen molar-refractivity contribution in [3.63, 3.8) is 0 Å². The molecule has 0 aliphatic carbocycles. The van der Waals surface area contributed by atoms with Crippen molar-refractivity contribution in [1.29, 1.82) is 0 Å². The molecule has 2 heteroatoms. The van der Waals surface area contributed by atoms with Crippen LogP contribution in [0, 0.1) is 5.92 Å². The predicted octanol–water partition coefficient (Wildman–Crippen LogP) is 3.20. The van der Waals surface area contributed by atoms with E-state index in [-0.39, 0.29) is 0 Å². The first kappa shape index (κ1) is 12.1. The van der Waals surface area contributed by atoms with Crippen LogP contribution < -0.4 is 5.73 Å². The molecule has 1 fully saturated rings. The molecule has 1 atom stereocenters. The van der Waals surface area contributed by atoms with E-state index in [2.05, 4.69) is 18.3 Å². The highest BCUT2D eigenvalue weighted by Gasteiger charge is 2.16. The zero-order valence-corrected chi connectivity index (χ0v) is 9.90. The second-order valence-electron chi connectivity index (χ2n) is 4.27. The minimum Gasteiger partial charge on any atom is -0.328 e. The summed E-state index contributed by atoms with van der Waals surface area (Å²) in [6.45, 7) is 3.73. The van der Waals surface area contributed by atoms with Gasteiger partial charge in [0.1, 0.15) is 0 Å². The molecule has 0 amide bonds. The molecule has 0 aromatic heterocycles. The van der Waals surface area contributed by atoms with Gasteiger partial charge in [0.15, 0.2) is 0 Å². The number of hydrogen-bond donors (Lipinski definition) is 1. The van der Waals surface area contributed by atoms with Crippen LogP contribution in [0.2, 0.25) is 0 Å². The Morgan fingerprint density at radius 2 is 2.14 bits per heavy atom. The van der Waals surface area contributed by atoms with Crippen molar-refractivity contribution < 1.29 is 0 Å². The maximum Gasteiger partial charge on any atom is 0.00415 e. The summed E-state index contributed by atoms with van der Waals surface area (Å²) in [5, 5.41) is 0. The number of hydrogen-bond acceptors (Lipinski definition) is 2. The standard InChI is InChI=1S/C12H23NS/c1-2-3-4-5-12(13)10-11-6-8-14-9-7-11/h2,11-12H,1,3-10,13H2. The van der Waals surface area contributed by atoms with Crippen LogP contribution in [0.15, 0.2) is 12.7 Å². The first-order chi connectivity index (χ1) is 6.83. The second kappa shape index (κ2) is 7.36. The molecule has 1 nitrogen and oxygen atoms in total. The second-order valence-corrected chi connectivity index (χ2v) is 5.50. The van der Waals surface area contributed by atoms with Gasteiger partial charge in [-0.05, 0) is 55.9 Å². The molecule has 1 aliphatic heterocycles. The van der Waals surface area contributed by atoms with Crippen LogP contribution in [0.5, 0.6) is 0 Å². The van der Waals surface area contributed by atoms with Crippen LogP contribution >= 0.6 is 11.8 Å². The Bertz CT molecular complexity index is 152. The van der Waals surface area contributed by atoms with Crippen molar-refractivity contribution in [2.45, 2.75) is 44.6 Å². The van der Waals surface area contributed by atoms with Crippen LogP contribution in [0.3, 0.4) is 0 Å². The number of unbranched alkanes of at least 4 members (excludes halogenated alkanes) is 1. The van der Waals surface area contributed by atoms with Crippen LogP contribution in [-0.4, -0.2) is 17.5 Å². The SMILES string of the molecule is C=CCCCC(N)CC1CCSCC1. The van der Waals surface area contributed by atoms with Crippen LogP contribution in [-0.2, 0) is 0 Å². The van der Waals surface area contributed by atoms with Gasteiger partial charge in [-0.2, -0.15) is 11.8 Å². The monoisotopic (exact) mass is 213 g/mol. The van der Waals surface area contributed by atoms with E-state index < -0.39 is 0 Å². The first-order valence-corrected chi connectivity index (χ1v) is 6.92. The third-order valence-corrected chi connectivity index (χ3v) is 4.01. The molecule has 1 saturated heterocycles. The summed E-state index contributed by atoms with van der Waals surface area (Å²) in [5.74, 6) is 3.61. The summed E-state index contributed by atoms with van der Waals surface area (Å²) in [6, 6.07) is 0.433. The molecule has 0 aromatic rings. The molecule has 0 aromatic carbocycles. The molecule has 2 N–H and O–H groups in total. The Hall–Kier alpha value is 0.0500. The van der Waals surface area contributed by atoms with Crippen LogP contribution in [0.4, 0.5) is 0 Å². The fourth-order valence-corrected chi connectivity index (χ4v) is 3.26. The van der Waals surface area contributed by atoms with Crippen molar-refractivity contribution >= 4 is 11.8 Å². The first-order valence-electron chi connectivity index (χ1n) is 5.77. The largest absolute Gasteiger partial charge is 0.328 e. The predicted molar refractivity (Wildman–Crippen MR) is 66.7 cm³/mol. The molecule has 14 heavy (non-hydrogen) atoms. The molecule has 0 saturated carbocycles. The molecule has 1 unspecified atom stereocenters. The van der Waals surface area contributed by atoms with Gasteiger partial charge in [0.25, 0.3) is 0 Å². The summed E-state index contributed by atoms with van der Waals surface area (Å²) < 4.78 is 0. The van der Waals surface area contributed by atoms with E-state index in [0.717, 1.165) is 12.3 Å². The minimum absolute atomic E-state index is 0.433. The summed E-state index contributed by atoms with van der Waals surface area (Å²) >= 11 is 2.09. The van der Waals surface area contributed by atoms with Gasteiger partial charge in [-0.3, -0.25) is 0 Å². The van der Waals surface area contributed by atoms with Crippen molar-refractivity contribution in [3.8, 4) is 0 Å². The van der Waals surface area contributed by atoms with Gasteiger partial charge in [0.2, 0.25) is 0 Å². The van der Waals surface area contributed by atoms with Crippen molar-refractivity contribution in [3.05, 3.63) is 12.7 Å². The lowest BCUT2D eigenvalue weighted by molar-refractivity contribution is 0.392. The van der Waals surface area contributed by atoms with Gasteiger partial charge < -0.3 is 5.73 Å². The third-order valence-electron chi connectivity index (χ3n) is 2.96. The maximum absolute atomic E-state index is 6.10. The molecular formula is C12H23NS. The normalized spacial score (nSPS) is 20.6. The molecular weight excluding hydrogens is 190 g/mol. The summed E-state index contributed by atoms with van der Waals surface area (Å²) in [4.78, 5) is 0. The average molecular weight is 213 g/mol. The maximum atomic E-state index is 6.10. The van der Waals surface area contributed by atoms with Gasteiger partial charge in [-0.25, -0.2) is 0 Å². The Morgan fingerprint density at radius 3 is 2.79 bits per heavy atom. The Morgan fingerprint density at radius 1 is 1.43 bits per heavy atom. The van der Waals surface area contributed by atoms with Gasteiger partial charge in [0.05, 0.1) is 0 Å². The number of allylic oxidation sites excluding steroid dienone is 1.